The number of para-hydroxylation sites is 1. The Kier molecular flexibility index (Phi) is 4.99. The van der Waals surface area contributed by atoms with Crippen LogP contribution in [0.4, 0.5) is 4.79 Å². The van der Waals surface area contributed by atoms with Crippen LogP contribution in [0, 0.1) is 0 Å². The van der Waals surface area contributed by atoms with Gasteiger partial charge in [0.1, 0.15) is 12.3 Å². The first-order valence-electron chi connectivity index (χ1n) is 9.27. The van der Waals surface area contributed by atoms with E-state index in [0.29, 0.717) is 29.2 Å². The number of ether oxygens (including phenoxy) is 1. The topological polar surface area (TPSA) is 96.0 Å². The molecule has 2 aliphatic rings. The Labute approximate surface area is 167 Å². The fraction of sp³-hybridized carbons (Fsp3) is 0.238. The number of fused-ring (bicyclic) bond motifs is 1. The van der Waals surface area contributed by atoms with Crippen molar-refractivity contribution >= 4 is 23.8 Å². The highest BCUT2D eigenvalue weighted by molar-refractivity contribution is 6.44. The molecule has 1 N–H and O–H groups in total. The summed E-state index contributed by atoms with van der Waals surface area (Å²) in [4.78, 5) is 51.1. The summed E-state index contributed by atoms with van der Waals surface area (Å²) in [6, 6.07) is 15.2. The van der Waals surface area contributed by atoms with Crippen molar-refractivity contribution in [1.82, 2.24) is 15.1 Å². The van der Waals surface area contributed by atoms with Gasteiger partial charge in [0.05, 0.1) is 19.2 Å². The highest BCUT2D eigenvalue weighted by Gasteiger charge is 2.45. The van der Waals surface area contributed by atoms with Crippen LogP contribution in [0.25, 0.3) is 0 Å². The van der Waals surface area contributed by atoms with Crippen LogP contribution in [0.3, 0.4) is 0 Å². The number of imide groups is 2. The lowest BCUT2D eigenvalue weighted by atomic mass is 10.0. The lowest BCUT2D eigenvalue weighted by Gasteiger charge is -2.27. The van der Waals surface area contributed by atoms with Crippen molar-refractivity contribution in [2.24, 2.45) is 0 Å². The van der Waals surface area contributed by atoms with Crippen molar-refractivity contribution in [3.8, 4) is 5.75 Å². The SMILES string of the molecule is O=C(CN1C(=O)C(=O)N(Cc2ccccc2)C1=O)NC1CCOc2ccccc21. The normalized spacial score (nSPS) is 18.5. The molecule has 8 heteroatoms. The molecular formula is C21H19N3O5. The number of amides is 5. The van der Waals surface area contributed by atoms with Gasteiger partial charge in [0.2, 0.25) is 5.91 Å². The minimum absolute atomic E-state index is 0.0181. The van der Waals surface area contributed by atoms with Crippen LogP contribution in [0.2, 0.25) is 0 Å². The van der Waals surface area contributed by atoms with Gasteiger partial charge in [0.25, 0.3) is 0 Å². The van der Waals surface area contributed by atoms with E-state index >= 15 is 0 Å². The molecule has 0 radical (unpaired) electrons. The summed E-state index contributed by atoms with van der Waals surface area (Å²) in [6.07, 6.45) is 0.573. The van der Waals surface area contributed by atoms with E-state index in [2.05, 4.69) is 5.32 Å². The number of carbonyl (C=O) groups excluding carboxylic acids is 4. The number of benzene rings is 2. The van der Waals surface area contributed by atoms with Gasteiger partial charge >= 0.3 is 17.8 Å². The Morgan fingerprint density at radius 1 is 0.966 bits per heavy atom. The molecule has 0 bridgehead atoms. The number of urea groups is 1. The summed E-state index contributed by atoms with van der Waals surface area (Å²) in [6.45, 7) is -0.0726. The third-order valence-corrected chi connectivity index (χ3v) is 4.91. The lowest BCUT2D eigenvalue weighted by molar-refractivity contribution is -0.144. The largest absolute Gasteiger partial charge is 0.493 e. The second-order valence-corrected chi connectivity index (χ2v) is 6.85. The van der Waals surface area contributed by atoms with Crippen LogP contribution in [-0.2, 0) is 20.9 Å². The van der Waals surface area contributed by atoms with Gasteiger partial charge in [-0.1, -0.05) is 48.5 Å². The second-order valence-electron chi connectivity index (χ2n) is 6.85. The van der Waals surface area contributed by atoms with Gasteiger partial charge < -0.3 is 10.1 Å². The van der Waals surface area contributed by atoms with Crippen molar-refractivity contribution in [2.75, 3.05) is 13.2 Å². The zero-order valence-electron chi connectivity index (χ0n) is 15.5. The van der Waals surface area contributed by atoms with E-state index in [9.17, 15) is 19.2 Å². The number of hydrogen-bond donors (Lipinski definition) is 1. The summed E-state index contributed by atoms with van der Waals surface area (Å²) in [7, 11) is 0. The molecule has 0 aliphatic carbocycles. The monoisotopic (exact) mass is 393 g/mol. The molecule has 8 nitrogen and oxygen atoms in total. The van der Waals surface area contributed by atoms with Crippen molar-refractivity contribution < 1.29 is 23.9 Å². The molecule has 4 rings (SSSR count). The maximum absolute atomic E-state index is 12.6. The van der Waals surface area contributed by atoms with Crippen molar-refractivity contribution in [3.05, 3.63) is 65.7 Å². The first-order chi connectivity index (χ1) is 14.0. The van der Waals surface area contributed by atoms with Crippen LogP contribution in [0.1, 0.15) is 23.6 Å². The molecule has 0 spiro atoms. The van der Waals surface area contributed by atoms with Gasteiger partial charge in [-0.25, -0.2) is 9.69 Å². The van der Waals surface area contributed by atoms with E-state index in [1.807, 2.05) is 30.3 Å². The van der Waals surface area contributed by atoms with E-state index in [4.69, 9.17) is 4.74 Å². The predicted octanol–water partition coefficient (Wildman–Crippen LogP) is 1.62. The number of nitrogens with zero attached hydrogens (tertiary/aromatic N) is 2. The van der Waals surface area contributed by atoms with Crippen LogP contribution < -0.4 is 10.1 Å². The Morgan fingerprint density at radius 3 is 2.45 bits per heavy atom. The van der Waals surface area contributed by atoms with Gasteiger partial charge in [0.15, 0.2) is 0 Å². The zero-order chi connectivity index (χ0) is 20.4. The molecule has 1 fully saturated rings. The van der Waals surface area contributed by atoms with Crippen LogP contribution in [0.15, 0.2) is 54.6 Å². The van der Waals surface area contributed by atoms with E-state index in [1.165, 1.54) is 0 Å². The van der Waals surface area contributed by atoms with E-state index in [-0.39, 0.29) is 12.6 Å². The molecule has 2 heterocycles. The van der Waals surface area contributed by atoms with E-state index in [0.717, 1.165) is 10.5 Å². The molecule has 2 aromatic carbocycles. The molecular weight excluding hydrogens is 374 g/mol. The summed E-state index contributed by atoms with van der Waals surface area (Å²) in [5.41, 5.74) is 1.56. The van der Waals surface area contributed by atoms with Gasteiger partial charge in [-0.15, -0.1) is 0 Å². The molecule has 29 heavy (non-hydrogen) atoms. The van der Waals surface area contributed by atoms with Gasteiger partial charge in [-0.05, 0) is 11.6 Å². The Balaban J connectivity index is 1.43. The summed E-state index contributed by atoms with van der Waals surface area (Å²) >= 11 is 0. The number of rotatable bonds is 5. The highest BCUT2D eigenvalue weighted by Crippen LogP contribution is 2.31. The van der Waals surface area contributed by atoms with E-state index < -0.39 is 30.3 Å². The third-order valence-electron chi connectivity index (χ3n) is 4.91. The van der Waals surface area contributed by atoms with Gasteiger partial charge in [0, 0.05) is 12.0 Å². The van der Waals surface area contributed by atoms with Crippen LogP contribution in [0.5, 0.6) is 5.75 Å². The first kappa shape index (κ1) is 18.7. The minimum atomic E-state index is -0.992. The molecule has 1 atom stereocenters. The molecule has 1 unspecified atom stereocenters. The summed E-state index contributed by atoms with van der Waals surface area (Å²) in [5.74, 6) is -1.74. The first-order valence-corrected chi connectivity index (χ1v) is 9.27. The molecule has 0 saturated carbocycles. The molecule has 0 aromatic heterocycles. The van der Waals surface area contributed by atoms with Crippen LogP contribution >= 0.6 is 0 Å². The van der Waals surface area contributed by atoms with Crippen molar-refractivity contribution in [2.45, 2.75) is 19.0 Å². The summed E-state index contributed by atoms with van der Waals surface area (Å²) < 4.78 is 5.57. The average molecular weight is 393 g/mol. The number of nitrogens with one attached hydrogen (secondary N) is 1. The smallest absolute Gasteiger partial charge is 0.335 e. The average Bonchev–Trinajstić information content (AvgIpc) is 2.93. The zero-order valence-corrected chi connectivity index (χ0v) is 15.5. The Morgan fingerprint density at radius 2 is 1.66 bits per heavy atom. The molecule has 2 aromatic rings. The van der Waals surface area contributed by atoms with E-state index in [1.54, 1.807) is 24.3 Å². The fourth-order valence-corrected chi connectivity index (χ4v) is 3.47. The maximum Gasteiger partial charge on any atom is 0.335 e. The molecule has 5 amide bonds. The maximum atomic E-state index is 12.6. The molecule has 2 aliphatic heterocycles. The highest BCUT2D eigenvalue weighted by atomic mass is 16.5. The molecule has 1 saturated heterocycles. The second kappa shape index (κ2) is 7.75. The number of hydrogen-bond acceptors (Lipinski definition) is 5. The minimum Gasteiger partial charge on any atom is -0.493 e. The van der Waals surface area contributed by atoms with Gasteiger partial charge in [-0.3, -0.25) is 19.3 Å². The predicted molar refractivity (Wildman–Crippen MR) is 102 cm³/mol. The standard InChI is InChI=1S/C21H19N3O5/c25-18(22-16-10-11-29-17-9-5-4-8-15(16)17)13-24-20(27)19(26)23(21(24)28)12-14-6-2-1-3-7-14/h1-9,16H,10-13H2,(H,22,25). The van der Waals surface area contributed by atoms with Crippen LogP contribution in [-0.4, -0.2) is 46.7 Å². The fourth-order valence-electron chi connectivity index (χ4n) is 3.47. The summed E-state index contributed by atoms with van der Waals surface area (Å²) in [5, 5.41) is 2.83. The lowest BCUT2D eigenvalue weighted by Crippen LogP contribution is -2.43. The third kappa shape index (κ3) is 3.69. The van der Waals surface area contributed by atoms with Crippen molar-refractivity contribution in [1.29, 1.82) is 0 Å². The number of carbonyl (C=O) groups is 4. The Bertz CT molecular complexity index is 975. The van der Waals surface area contributed by atoms with Crippen molar-refractivity contribution in [3.63, 3.8) is 0 Å². The van der Waals surface area contributed by atoms with Gasteiger partial charge in [-0.2, -0.15) is 0 Å². The Hall–Kier alpha value is -3.68. The molecule has 148 valence electrons. The quantitative estimate of drug-likeness (QED) is 0.615.